The minimum atomic E-state index is -0.405. The van der Waals surface area contributed by atoms with E-state index in [1.165, 1.54) is 25.0 Å². The molecule has 270 valence electrons. The molecule has 0 fully saturated rings. The first-order chi connectivity index (χ1) is 22.8. The third-order valence-corrected chi connectivity index (χ3v) is 7.70. The van der Waals surface area contributed by atoms with Crippen molar-refractivity contribution in [2.45, 2.75) is 72.1 Å². The van der Waals surface area contributed by atoms with Gasteiger partial charge in [-0.3, -0.25) is 20.2 Å². The fourth-order valence-corrected chi connectivity index (χ4v) is 5.28. The van der Waals surface area contributed by atoms with Crippen molar-refractivity contribution in [3.8, 4) is 0 Å². The van der Waals surface area contributed by atoms with Gasteiger partial charge in [-0.1, -0.05) is 19.8 Å². The van der Waals surface area contributed by atoms with E-state index in [0.29, 0.717) is 24.5 Å². The van der Waals surface area contributed by atoms with Crippen LogP contribution in [0.1, 0.15) is 69.7 Å². The molecule has 0 aliphatic rings. The summed E-state index contributed by atoms with van der Waals surface area (Å²) in [5.41, 5.74) is 0.445. The fourth-order valence-electron chi connectivity index (χ4n) is 5.28. The van der Waals surface area contributed by atoms with E-state index in [2.05, 4.69) is 79.1 Å². The standard InChI is InChI=1S/C33H59N11O4/c1-7-8-10-17-42(19-13-15-34-32(47)40-30-36-26(2)24-28(45)38-30)20-14-21-43(18-11-9-12-23-44(4,5)6)22-16-35-33(48)41-31-37-27(3)25-29(46)39-31/h24-25H,7-23H2,1-6H3,(H5-,34,35,36,37,38,39,40,41,45,46,47,48)/p+1. The fraction of sp³-hybridized carbons (Fsp3) is 0.697. The van der Waals surface area contributed by atoms with Gasteiger partial charge in [0, 0.05) is 43.2 Å². The largest absolute Gasteiger partial charge is 0.338 e. The number of H-pyrrole nitrogens is 2. The highest BCUT2D eigenvalue weighted by atomic mass is 16.2. The molecule has 6 N–H and O–H groups in total. The Morgan fingerprint density at radius 1 is 0.667 bits per heavy atom. The van der Waals surface area contributed by atoms with Gasteiger partial charge in [0.2, 0.25) is 11.9 Å². The Morgan fingerprint density at radius 3 is 1.67 bits per heavy atom. The topological polar surface area (TPSA) is 180 Å². The van der Waals surface area contributed by atoms with Crippen molar-refractivity contribution < 1.29 is 14.1 Å². The van der Waals surface area contributed by atoms with E-state index in [4.69, 9.17) is 0 Å². The van der Waals surface area contributed by atoms with Crippen LogP contribution < -0.4 is 32.4 Å². The van der Waals surface area contributed by atoms with Crippen molar-refractivity contribution in [1.29, 1.82) is 0 Å². The Balaban J connectivity index is 1.84. The van der Waals surface area contributed by atoms with Gasteiger partial charge in [0.05, 0.1) is 27.7 Å². The van der Waals surface area contributed by atoms with E-state index in [9.17, 15) is 19.2 Å². The summed E-state index contributed by atoms with van der Waals surface area (Å²) in [6.45, 7) is 13.2. The maximum atomic E-state index is 12.5. The summed E-state index contributed by atoms with van der Waals surface area (Å²) in [4.78, 5) is 66.2. The van der Waals surface area contributed by atoms with E-state index in [0.717, 1.165) is 88.8 Å². The molecule has 0 aromatic carbocycles. The molecule has 0 radical (unpaired) electrons. The number of hydrogen-bond donors (Lipinski definition) is 6. The molecule has 0 saturated carbocycles. The van der Waals surface area contributed by atoms with Crippen LogP contribution in [0.2, 0.25) is 0 Å². The number of nitrogens with one attached hydrogen (secondary N) is 6. The number of aromatic nitrogens is 4. The van der Waals surface area contributed by atoms with E-state index in [1.54, 1.807) is 13.8 Å². The molecule has 4 amide bonds. The number of aromatic amines is 2. The molecule has 48 heavy (non-hydrogen) atoms. The second-order valence-corrected chi connectivity index (χ2v) is 13.4. The average Bonchev–Trinajstić information content (AvgIpc) is 2.97. The lowest BCUT2D eigenvalue weighted by Gasteiger charge is -2.27. The summed E-state index contributed by atoms with van der Waals surface area (Å²) in [5, 5.41) is 10.9. The summed E-state index contributed by atoms with van der Waals surface area (Å²) in [7, 11) is 6.65. The van der Waals surface area contributed by atoms with E-state index in [1.807, 2.05) is 0 Å². The summed E-state index contributed by atoms with van der Waals surface area (Å²) in [6.07, 6.45) is 8.69. The Bertz CT molecular complexity index is 1360. The van der Waals surface area contributed by atoms with Gasteiger partial charge in [0.15, 0.2) is 0 Å². The number of unbranched alkanes of at least 4 members (excludes halogenated alkanes) is 4. The van der Waals surface area contributed by atoms with Gasteiger partial charge >= 0.3 is 12.1 Å². The molecule has 2 aromatic rings. The number of amides is 4. The molecule has 0 aliphatic carbocycles. The first kappa shape index (κ1) is 40.4. The number of urea groups is 2. The third kappa shape index (κ3) is 19.1. The van der Waals surface area contributed by atoms with Crippen molar-refractivity contribution in [1.82, 2.24) is 40.4 Å². The van der Waals surface area contributed by atoms with Crippen LogP contribution in [0.5, 0.6) is 0 Å². The number of nitrogens with zero attached hydrogens (tertiary/aromatic N) is 5. The maximum Gasteiger partial charge on any atom is 0.321 e. The SMILES string of the molecule is CCCCCN(CCCNC(=O)Nc1nc(=O)cc(C)[nH]1)CCCN(CCCCC[N+](C)(C)C)CCNC(=O)Nc1nc(=O)cc(C)[nH]1. The molecule has 0 atom stereocenters. The Kier molecular flexibility index (Phi) is 18.4. The van der Waals surface area contributed by atoms with Gasteiger partial charge < -0.3 is 34.9 Å². The van der Waals surface area contributed by atoms with Gasteiger partial charge in [-0.15, -0.1) is 0 Å². The highest BCUT2D eigenvalue weighted by molar-refractivity contribution is 5.87. The number of carbonyl (C=O) groups is 2. The molecule has 2 aromatic heterocycles. The predicted octanol–water partition coefficient (Wildman–Crippen LogP) is 2.86. The molecule has 0 unspecified atom stereocenters. The highest BCUT2D eigenvalue weighted by Gasteiger charge is 2.12. The first-order valence-electron chi connectivity index (χ1n) is 17.3. The molecule has 0 saturated heterocycles. The van der Waals surface area contributed by atoms with Crippen LogP contribution in [0.15, 0.2) is 21.7 Å². The van der Waals surface area contributed by atoms with Crippen LogP contribution in [0, 0.1) is 13.8 Å². The third-order valence-electron chi connectivity index (χ3n) is 7.70. The molecule has 0 bridgehead atoms. The van der Waals surface area contributed by atoms with E-state index < -0.39 is 23.2 Å². The maximum absolute atomic E-state index is 12.5. The number of quaternary nitrogens is 1. The zero-order valence-corrected chi connectivity index (χ0v) is 30.0. The molecular weight excluding hydrogens is 614 g/mol. The summed E-state index contributed by atoms with van der Waals surface area (Å²) < 4.78 is 0.961. The normalized spacial score (nSPS) is 11.6. The smallest absolute Gasteiger partial charge is 0.321 e. The molecule has 15 nitrogen and oxygen atoms in total. The number of anilines is 2. The number of carbonyl (C=O) groups excluding carboxylic acids is 2. The van der Waals surface area contributed by atoms with Crippen molar-refractivity contribution in [2.75, 3.05) is 90.7 Å². The molecule has 2 rings (SSSR count). The minimum Gasteiger partial charge on any atom is -0.338 e. The lowest BCUT2D eigenvalue weighted by atomic mass is 10.2. The summed E-state index contributed by atoms with van der Waals surface area (Å²) >= 11 is 0. The van der Waals surface area contributed by atoms with Crippen LogP contribution >= 0.6 is 0 Å². The van der Waals surface area contributed by atoms with Crippen LogP contribution in [0.4, 0.5) is 21.5 Å². The average molecular weight is 675 g/mol. The lowest BCUT2D eigenvalue weighted by Crippen LogP contribution is -2.39. The Hall–Kier alpha value is -3.82. The number of hydrogen-bond acceptors (Lipinski definition) is 8. The zero-order chi connectivity index (χ0) is 35.4. The molecule has 0 spiro atoms. The monoisotopic (exact) mass is 674 g/mol. The second-order valence-electron chi connectivity index (χ2n) is 13.4. The zero-order valence-electron chi connectivity index (χ0n) is 30.0. The van der Waals surface area contributed by atoms with Crippen LogP contribution in [0.25, 0.3) is 0 Å². The van der Waals surface area contributed by atoms with Gasteiger partial charge in [-0.05, 0) is 85.1 Å². The van der Waals surface area contributed by atoms with Crippen LogP contribution in [-0.2, 0) is 0 Å². The predicted molar refractivity (Wildman–Crippen MR) is 192 cm³/mol. The minimum absolute atomic E-state index is 0.130. The molecule has 2 heterocycles. The van der Waals surface area contributed by atoms with Crippen molar-refractivity contribution in [2.24, 2.45) is 0 Å². The summed E-state index contributed by atoms with van der Waals surface area (Å²) in [5.74, 6) is 0.261. The van der Waals surface area contributed by atoms with E-state index >= 15 is 0 Å². The van der Waals surface area contributed by atoms with Crippen molar-refractivity contribution >= 4 is 24.0 Å². The lowest BCUT2D eigenvalue weighted by molar-refractivity contribution is -0.870. The molecule has 15 heteroatoms. The van der Waals surface area contributed by atoms with Gasteiger partial charge in [-0.2, -0.15) is 9.97 Å². The van der Waals surface area contributed by atoms with Crippen molar-refractivity contribution in [3.05, 3.63) is 44.2 Å². The summed E-state index contributed by atoms with van der Waals surface area (Å²) in [6, 6.07) is 1.94. The highest BCUT2D eigenvalue weighted by Crippen LogP contribution is 2.06. The van der Waals surface area contributed by atoms with Crippen molar-refractivity contribution in [3.63, 3.8) is 0 Å². The van der Waals surface area contributed by atoms with Crippen LogP contribution in [0.3, 0.4) is 0 Å². The quantitative estimate of drug-likeness (QED) is 0.0769. The van der Waals surface area contributed by atoms with E-state index in [-0.39, 0.29) is 11.9 Å². The Labute approximate surface area is 285 Å². The Morgan fingerprint density at radius 2 is 1.15 bits per heavy atom. The first-order valence-corrected chi connectivity index (χ1v) is 17.3. The van der Waals surface area contributed by atoms with Gasteiger partial charge in [0.1, 0.15) is 0 Å². The number of aryl methyl sites for hydroxylation is 2. The molecule has 0 aliphatic heterocycles. The second kappa shape index (κ2) is 21.9. The van der Waals surface area contributed by atoms with Crippen LogP contribution in [-0.4, -0.2) is 126 Å². The molecular formula is C33H60N11O4+. The number of rotatable bonds is 23. The van der Waals surface area contributed by atoms with Gasteiger partial charge in [0.25, 0.3) is 11.1 Å². The van der Waals surface area contributed by atoms with Gasteiger partial charge in [-0.25, -0.2) is 9.59 Å².